The summed E-state index contributed by atoms with van der Waals surface area (Å²) < 4.78 is 7.08. The molecular weight excluding hydrogens is 452 g/mol. The molecule has 4 rings (SSSR count). The van der Waals surface area contributed by atoms with E-state index in [0.29, 0.717) is 28.6 Å². The molecule has 0 atom stereocenters. The number of rotatable bonds is 7. The van der Waals surface area contributed by atoms with Gasteiger partial charge in [0, 0.05) is 36.9 Å². The molecular formula is C26H23ClN4O3. The van der Waals surface area contributed by atoms with Crippen molar-refractivity contribution >= 4 is 28.9 Å². The minimum atomic E-state index is -0.353. The summed E-state index contributed by atoms with van der Waals surface area (Å²) in [5.74, 6) is 0.694. The van der Waals surface area contributed by atoms with Gasteiger partial charge in [0.25, 0.3) is 11.5 Å². The zero-order valence-corrected chi connectivity index (χ0v) is 19.5. The monoisotopic (exact) mass is 474 g/mol. The van der Waals surface area contributed by atoms with Crippen LogP contribution in [-0.4, -0.2) is 27.6 Å². The van der Waals surface area contributed by atoms with Crippen LogP contribution in [0.25, 0.3) is 0 Å². The van der Waals surface area contributed by atoms with Crippen LogP contribution in [0.2, 0.25) is 5.02 Å². The van der Waals surface area contributed by atoms with Gasteiger partial charge in [0.05, 0.1) is 6.20 Å². The maximum atomic E-state index is 12.8. The van der Waals surface area contributed by atoms with Crippen molar-refractivity contribution in [2.75, 3.05) is 12.4 Å². The zero-order chi connectivity index (χ0) is 24.1. The number of carbonyl (C=O) groups is 1. The third kappa shape index (κ3) is 5.44. The van der Waals surface area contributed by atoms with Gasteiger partial charge < -0.3 is 15.0 Å². The maximum absolute atomic E-state index is 12.8. The number of hydrogen-bond acceptors (Lipinski definition) is 5. The molecule has 4 aromatic rings. The van der Waals surface area contributed by atoms with Gasteiger partial charge in [0.2, 0.25) is 0 Å². The van der Waals surface area contributed by atoms with Crippen LogP contribution in [0.5, 0.6) is 11.5 Å². The Bertz CT molecular complexity index is 1340. The average molecular weight is 475 g/mol. The second-order valence-electron chi connectivity index (χ2n) is 7.72. The van der Waals surface area contributed by atoms with E-state index < -0.39 is 0 Å². The molecule has 0 aliphatic carbocycles. The number of nitrogens with one attached hydrogen (secondary N) is 1. The molecule has 0 unspecified atom stereocenters. The summed E-state index contributed by atoms with van der Waals surface area (Å²) in [6, 6.07) is 23.5. The highest BCUT2D eigenvalue weighted by atomic mass is 35.5. The van der Waals surface area contributed by atoms with Crippen LogP contribution in [0.15, 0.2) is 89.9 Å². The lowest BCUT2D eigenvalue weighted by molar-refractivity contribution is 0.0785. The molecule has 1 amide bonds. The second-order valence-corrected chi connectivity index (χ2v) is 8.15. The van der Waals surface area contributed by atoms with Crippen molar-refractivity contribution in [2.45, 2.75) is 6.54 Å². The van der Waals surface area contributed by atoms with Gasteiger partial charge >= 0.3 is 0 Å². The zero-order valence-electron chi connectivity index (χ0n) is 18.7. The highest BCUT2D eigenvalue weighted by molar-refractivity contribution is 6.30. The van der Waals surface area contributed by atoms with Gasteiger partial charge in [-0.15, -0.1) is 0 Å². The quantitative estimate of drug-likeness (QED) is 0.396. The van der Waals surface area contributed by atoms with Crippen LogP contribution in [0.4, 0.5) is 11.4 Å². The van der Waals surface area contributed by atoms with E-state index in [9.17, 15) is 9.59 Å². The normalized spacial score (nSPS) is 10.6. The van der Waals surface area contributed by atoms with E-state index in [1.807, 2.05) is 30.3 Å². The first-order chi connectivity index (χ1) is 16.4. The van der Waals surface area contributed by atoms with Gasteiger partial charge in [-0.2, -0.15) is 5.10 Å². The summed E-state index contributed by atoms with van der Waals surface area (Å²) in [5.41, 5.74) is 2.11. The molecule has 0 aliphatic heterocycles. The Kier molecular flexibility index (Phi) is 6.94. The van der Waals surface area contributed by atoms with Crippen molar-refractivity contribution in [2.24, 2.45) is 7.05 Å². The van der Waals surface area contributed by atoms with Crippen molar-refractivity contribution in [3.05, 3.63) is 112 Å². The fraction of sp³-hybridized carbons (Fsp3) is 0.115. The standard InChI is InChI=1S/C26H23ClN4O3/c1-30(17-18-6-4-3-5-7-18)25(32)19-8-12-21(13-9-19)29-24-23(16-28-31(2)26(24)33)34-22-14-10-20(27)11-15-22/h3-16,29H,17H2,1-2H3. The molecule has 8 heteroatoms. The Balaban J connectivity index is 1.51. The molecule has 1 aromatic heterocycles. The van der Waals surface area contributed by atoms with E-state index in [1.165, 1.54) is 10.9 Å². The van der Waals surface area contributed by atoms with E-state index >= 15 is 0 Å². The van der Waals surface area contributed by atoms with Crippen molar-refractivity contribution in [1.29, 1.82) is 0 Å². The second kappa shape index (κ2) is 10.2. The number of aromatic nitrogens is 2. The Morgan fingerprint density at radius 3 is 2.38 bits per heavy atom. The third-order valence-electron chi connectivity index (χ3n) is 5.15. The lowest BCUT2D eigenvalue weighted by atomic mass is 10.1. The number of ether oxygens (including phenoxy) is 1. The SMILES string of the molecule is CN(Cc1ccccc1)C(=O)c1ccc(Nc2c(Oc3ccc(Cl)cc3)cnn(C)c2=O)cc1. The Morgan fingerprint density at radius 2 is 1.71 bits per heavy atom. The Hall–Kier alpha value is -4.10. The molecule has 0 spiro atoms. The van der Waals surface area contributed by atoms with Crippen molar-refractivity contribution < 1.29 is 9.53 Å². The predicted octanol–water partition coefficient (Wildman–Crippen LogP) is 5.24. The summed E-state index contributed by atoms with van der Waals surface area (Å²) in [7, 11) is 3.33. The van der Waals surface area contributed by atoms with E-state index in [1.54, 1.807) is 67.5 Å². The van der Waals surface area contributed by atoms with Crippen LogP contribution in [0, 0.1) is 0 Å². The molecule has 3 aromatic carbocycles. The molecule has 0 aliphatic rings. The predicted molar refractivity (Wildman–Crippen MR) is 133 cm³/mol. The van der Waals surface area contributed by atoms with Crippen molar-refractivity contribution in [3.8, 4) is 11.5 Å². The van der Waals surface area contributed by atoms with Gasteiger partial charge in [0.15, 0.2) is 11.4 Å². The molecule has 0 fully saturated rings. The van der Waals surface area contributed by atoms with Crippen LogP contribution in [-0.2, 0) is 13.6 Å². The summed E-state index contributed by atoms with van der Waals surface area (Å²) in [6.07, 6.45) is 1.47. The van der Waals surface area contributed by atoms with Crippen LogP contribution in [0.1, 0.15) is 15.9 Å². The number of amides is 1. The summed E-state index contributed by atoms with van der Waals surface area (Å²) in [4.78, 5) is 27.2. The molecule has 0 radical (unpaired) electrons. The molecule has 34 heavy (non-hydrogen) atoms. The minimum absolute atomic E-state index is 0.0954. The number of nitrogens with zero attached hydrogens (tertiary/aromatic N) is 3. The van der Waals surface area contributed by atoms with Crippen LogP contribution < -0.4 is 15.6 Å². The van der Waals surface area contributed by atoms with Gasteiger partial charge in [-0.3, -0.25) is 9.59 Å². The minimum Gasteiger partial charge on any atom is -0.453 e. The van der Waals surface area contributed by atoms with E-state index in [0.717, 1.165) is 5.56 Å². The van der Waals surface area contributed by atoms with E-state index in [-0.39, 0.29) is 22.9 Å². The number of aryl methyl sites for hydroxylation is 1. The lowest BCUT2D eigenvalue weighted by Gasteiger charge is -2.18. The lowest BCUT2D eigenvalue weighted by Crippen LogP contribution is -2.26. The first kappa shape index (κ1) is 23.1. The Morgan fingerprint density at radius 1 is 1.03 bits per heavy atom. The van der Waals surface area contributed by atoms with Crippen LogP contribution in [0.3, 0.4) is 0 Å². The largest absolute Gasteiger partial charge is 0.453 e. The highest BCUT2D eigenvalue weighted by Gasteiger charge is 2.15. The molecule has 0 saturated heterocycles. The number of carbonyl (C=O) groups excluding carboxylic acids is 1. The number of benzene rings is 3. The van der Waals surface area contributed by atoms with Gasteiger partial charge in [0.1, 0.15) is 5.75 Å². The molecule has 172 valence electrons. The summed E-state index contributed by atoms with van der Waals surface area (Å²) in [5, 5.41) is 7.73. The van der Waals surface area contributed by atoms with Gasteiger partial charge in [-0.1, -0.05) is 41.9 Å². The van der Waals surface area contributed by atoms with E-state index in [2.05, 4.69) is 10.4 Å². The number of halogens is 1. The van der Waals surface area contributed by atoms with E-state index in [4.69, 9.17) is 16.3 Å². The molecule has 1 heterocycles. The van der Waals surface area contributed by atoms with Gasteiger partial charge in [-0.25, -0.2) is 4.68 Å². The topological polar surface area (TPSA) is 76.5 Å². The molecule has 1 N–H and O–H groups in total. The summed E-state index contributed by atoms with van der Waals surface area (Å²) >= 11 is 5.93. The molecule has 7 nitrogen and oxygen atoms in total. The number of anilines is 2. The number of hydrogen-bond donors (Lipinski definition) is 1. The average Bonchev–Trinajstić information content (AvgIpc) is 2.85. The van der Waals surface area contributed by atoms with Crippen molar-refractivity contribution in [1.82, 2.24) is 14.7 Å². The Labute approximate surface area is 202 Å². The van der Waals surface area contributed by atoms with Crippen molar-refractivity contribution in [3.63, 3.8) is 0 Å². The van der Waals surface area contributed by atoms with Gasteiger partial charge in [-0.05, 0) is 54.1 Å². The molecule has 0 bridgehead atoms. The maximum Gasteiger partial charge on any atom is 0.294 e. The highest BCUT2D eigenvalue weighted by Crippen LogP contribution is 2.29. The van der Waals surface area contributed by atoms with Crippen LogP contribution >= 0.6 is 11.6 Å². The summed E-state index contributed by atoms with van der Waals surface area (Å²) in [6.45, 7) is 0.512. The third-order valence-corrected chi connectivity index (χ3v) is 5.41. The smallest absolute Gasteiger partial charge is 0.294 e. The first-order valence-electron chi connectivity index (χ1n) is 10.6. The fourth-order valence-electron chi connectivity index (χ4n) is 3.34. The molecule has 0 saturated carbocycles. The fourth-order valence-corrected chi connectivity index (χ4v) is 3.46. The first-order valence-corrected chi connectivity index (χ1v) is 10.9.